The Morgan fingerprint density at radius 1 is 0.864 bits per heavy atom. The molecule has 0 aliphatic heterocycles. The van der Waals surface area contributed by atoms with Gasteiger partial charge in [0, 0.05) is 18.3 Å². The van der Waals surface area contributed by atoms with Crippen molar-refractivity contribution in [2.45, 2.75) is 13.8 Å². The standard InChI is InChI=1S/C20H19NO/c1-14-7-6-10-19(15(14)2)20(22)21(3)18-12-11-16-8-4-5-9-17(16)13-18/h4-13H,1-3H3. The van der Waals surface area contributed by atoms with Crippen LogP contribution in [0.3, 0.4) is 0 Å². The maximum absolute atomic E-state index is 12.8. The van der Waals surface area contributed by atoms with Crippen molar-refractivity contribution in [3.63, 3.8) is 0 Å². The van der Waals surface area contributed by atoms with Gasteiger partial charge in [-0.1, -0.05) is 42.5 Å². The van der Waals surface area contributed by atoms with Gasteiger partial charge in [0.2, 0.25) is 0 Å². The van der Waals surface area contributed by atoms with Crippen LogP contribution in [-0.4, -0.2) is 13.0 Å². The van der Waals surface area contributed by atoms with E-state index < -0.39 is 0 Å². The van der Waals surface area contributed by atoms with Crippen LogP contribution in [0.25, 0.3) is 10.8 Å². The Morgan fingerprint density at radius 3 is 2.36 bits per heavy atom. The Bertz CT molecular complexity index is 851. The first kappa shape index (κ1) is 14.3. The number of carbonyl (C=O) groups is 1. The van der Waals surface area contributed by atoms with Crippen LogP contribution >= 0.6 is 0 Å². The lowest BCUT2D eigenvalue weighted by Gasteiger charge is -2.19. The number of hydrogen-bond donors (Lipinski definition) is 0. The molecule has 110 valence electrons. The van der Waals surface area contributed by atoms with Crippen molar-refractivity contribution in [2.75, 3.05) is 11.9 Å². The topological polar surface area (TPSA) is 20.3 Å². The maximum Gasteiger partial charge on any atom is 0.258 e. The highest BCUT2D eigenvalue weighted by Crippen LogP contribution is 2.23. The van der Waals surface area contributed by atoms with Gasteiger partial charge >= 0.3 is 0 Å². The predicted molar refractivity (Wildman–Crippen MR) is 92.6 cm³/mol. The second-order valence-corrected chi connectivity index (χ2v) is 5.64. The van der Waals surface area contributed by atoms with Gasteiger partial charge in [-0.3, -0.25) is 4.79 Å². The molecule has 0 saturated carbocycles. The molecule has 2 nitrogen and oxygen atoms in total. The molecule has 0 aromatic heterocycles. The average Bonchev–Trinajstić information content (AvgIpc) is 2.55. The van der Waals surface area contributed by atoms with Gasteiger partial charge in [-0.05, 0) is 53.9 Å². The zero-order chi connectivity index (χ0) is 15.7. The lowest BCUT2D eigenvalue weighted by molar-refractivity contribution is 0.0992. The van der Waals surface area contributed by atoms with Crippen LogP contribution in [0.15, 0.2) is 60.7 Å². The number of carbonyl (C=O) groups excluding carboxylic acids is 1. The van der Waals surface area contributed by atoms with Crippen LogP contribution in [0.4, 0.5) is 5.69 Å². The third kappa shape index (κ3) is 2.48. The van der Waals surface area contributed by atoms with Crippen molar-refractivity contribution >= 4 is 22.4 Å². The largest absolute Gasteiger partial charge is 0.311 e. The Kier molecular flexibility index (Phi) is 3.68. The summed E-state index contributed by atoms with van der Waals surface area (Å²) in [5, 5.41) is 2.32. The summed E-state index contributed by atoms with van der Waals surface area (Å²) in [6.45, 7) is 4.03. The second-order valence-electron chi connectivity index (χ2n) is 5.64. The van der Waals surface area contributed by atoms with Gasteiger partial charge in [0.15, 0.2) is 0 Å². The van der Waals surface area contributed by atoms with Gasteiger partial charge in [0.05, 0.1) is 0 Å². The van der Waals surface area contributed by atoms with Crippen LogP contribution < -0.4 is 4.90 Å². The van der Waals surface area contributed by atoms with E-state index in [1.165, 1.54) is 5.39 Å². The molecule has 0 radical (unpaired) electrons. The fraction of sp³-hybridized carbons (Fsp3) is 0.150. The monoisotopic (exact) mass is 289 g/mol. The second kappa shape index (κ2) is 5.64. The van der Waals surface area contributed by atoms with E-state index in [4.69, 9.17) is 0 Å². The molecule has 3 aromatic rings. The number of fused-ring (bicyclic) bond motifs is 1. The average molecular weight is 289 g/mol. The van der Waals surface area contributed by atoms with E-state index in [0.29, 0.717) is 0 Å². The van der Waals surface area contributed by atoms with Crippen LogP contribution in [0, 0.1) is 13.8 Å². The summed E-state index contributed by atoms with van der Waals surface area (Å²) < 4.78 is 0. The van der Waals surface area contributed by atoms with Crippen LogP contribution in [-0.2, 0) is 0 Å². The molecular weight excluding hydrogens is 270 g/mol. The lowest BCUT2D eigenvalue weighted by Crippen LogP contribution is -2.27. The number of benzene rings is 3. The third-order valence-electron chi connectivity index (χ3n) is 4.26. The molecule has 0 N–H and O–H groups in total. The SMILES string of the molecule is Cc1cccc(C(=O)N(C)c2ccc3ccccc3c2)c1C. The molecule has 0 spiro atoms. The van der Waals surface area contributed by atoms with Crippen molar-refractivity contribution in [1.29, 1.82) is 0 Å². The van der Waals surface area contributed by atoms with Gasteiger partial charge in [0.25, 0.3) is 5.91 Å². The van der Waals surface area contributed by atoms with Crippen LogP contribution in [0.1, 0.15) is 21.5 Å². The smallest absolute Gasteiger partial charge is 0.258 e. The Morgan fingerprint density at radius 2 is 1.59 bits per heavy atom. The van der Waals surface area contributed by atoms with E-state index in [0.717, 1.165) is 27.8 Å². The van der Waals surface area contributed by atoms with Gasteiger partial charge in [0.1, 0.15) is 0 Å². The Hall–Kier alpha value is -2.61. The third-order valence-corrected chi connectivity index (χ3v) is 4.26. The minimum absolute atomic E-state index is 0.0245. The Labute approximate surface area is 131 Å². The molecule has 0 aliphatic rings. The lowest BCUT2D eigenvalue weighted by atomic mass is 10.0. The highest BCUT2D eigenvalue weighted by Gasteiger charge is 2.16. The number of nitrogens with zero attached hydrogens (tertiary/aromatic N) is 1. The molecular formula is C20H19NO. The molecule has 0 fully saturated rings. The number of rotatable bonds is 2. The summed E-state index contributed by atoms with van der Waals surface area (Å²) in [5.41, 5.74) is 3.85. The van der Waals surface area contributed by atoms with Gasteiger partial charge in [-0.2, -0.15) is 0 Å². The summed E-state index contributed by atoms with van der Waals surface area (Å²) in [5.74, 6) is 0.0245. The molecule has 2 heteroatoms. The maximum atomic E-state index is 12.8. The van der Waals surface area contributed by atoms with E-state index in [1.54, 1.807) is 4.90 Å². The fourth-order valence-electron chi connectivity index (χ4n) is 2.67. The highest BCUT2D eigenvalue weighted by molar-refractivity contribution is 6.07. The van der Waals surface area contributed by atoms with E-state index >= 15 is 0 Å². The van der Waals surface area contributed by atoms with Crippen molar-refractivity contribution in [1.82, 2.24) is 0 Å². The van der Waals surface area contributed by atoms with E-state index in [1.807, 2.05) is 57.3 Å². The summed E-state index contributed by atoms with van der Waals surface area (Å²) in [4.78, 5) is 14.5. The molecule has 1 amide bonds. The number of anilines is 1. The van der Waals surface area contributed by atoms with Crippen molar-refractivity contribution in [2.24, 2.45) is 0 Å². The van der Waals surface area contributed by atoms with Crippen LogP contribution in [0.5, 0.6) is 0 Å². The van der Waals surface area contributed by atoms with Crippen LogP contribution in [0.2, 0.25) is 0 Å². The van der Waals surface area contributed by atoms with E-state index in [2.05, 4.69) is 24.3 Å². The first-order valence-electron chi connectivity index (χ1n) is 7.41. The van der Waals surface area contributed by atoms with Gasteiger partial charge < -0.3 is 4.90 Å². The summed E-state index contributed by atoms with van der Waals surface area (Å²) >= 11 is 0. The van der Waals surface area contributed by atoms with Gasteiger partial charge in [-0.25, -0.2) is 0 Å². The summed E-state index contributed by atoms with van der Waals surface area (Å²) in [7, 11) is 1.83. The van der Waals surface area contributed by atoms with E-state index in [-0.39, 0.29) is 5.91 Å². The van der Waals surface area contributed by atoms with Crippen molar-refractivity contribution in [3.05, 3.63) is 77.4 Å². The zero-order valence-electron chi connectivity index (χ0n) is 13.1. The highest BCUT2D eigenvalue weighted by atomic mass is 16.2. The number of hydrogen-bond acceptors (Lipinski definition) is 1. The van der Waals surface area contributed by atoms with Crippen molar-refractivity contribution in [3.8, 4) is 0 Å². The van der Waals surface area contributed by atoms with Gasteiger partial charge in [-0.15, -0.1) is 0 Å². The number of aryl methyl sites for hydroxylation is 1. The zero-order valence-corrected chi connectivity index (χ0v) is 13.1. The molecule has 0 atom stereocenters. The molecule has 22 heavy (non-hydrogen) atoms. The molecule has 0 saturated heterocycles. The fourth-order valence-corrected chi connectivity index (χ4v) is 2.67. The quantitative estimate of drug-likeness (QED) is 0.667. The molecule has 0 unspecified atom stereocenters. The predicted octanol–water partition coefficient (Wildman–Crippen LogP) is 4.73. The normalized spacial score (nSPS) is 10.7. The minimum Gasteiger partial charge on any atom is -0.311 e. The van der Waals surface area contributed by atoms with E-state index in [9.17, 15) is 4.79 Å². The molecule has 3 aromatic carbocycles. The molecule has 0 aliphatic carbocycles. The molecule has 3 rings (SSSR count). The molecule has 0 heterocycles. The summed E-state index contributed by atoms with van der Waals surface area (Å²) in [6.07, 6.45) is 0. The van der Waals surface area contributed by atoms with Crippen molar-refractivity contribution < 1.29 is 4.79 Å². The number of amides is 1. The Balaban J connectivity index is 1.99. The first-order chi connectivity index (χ1) is 10.6. The molecule has 0 bridgehead atoms. The minimum atomic E-state index is 0.0245. The first-order valence-corrected chi connectivity index (χ1v) is 7.41. The summed E-state index contributed by atoms with van der Waals surface area (Å²) in [6, 6.07) is 20.1.